The molecule has 0 saturated carbocycles. The van der Waals surface area contributed by atoms with Gasteiger partial charge in [-0.1, -0.05) is 204 Å². The molecule has 15 nitrogen and oxygen atoms in total. The van der Waals surface area contributed by atoms with Crippen molar-refractivity contribution in [2.24, 2.45) is 35.1 Å². The predicted octanol–water partition coefficient (Wildman–Crippen LogP) is 9.54. The van der Waals surface area contributed by atoms with E-state index in [0.29, 0.717) is 43.2 Å². The standard InChI is InChI=1S/C30H48BNO3.C14H21BrO.C8H17Br.C6H5BrO.C4H8O.C3H9BO3.C2H7NO.CH3F.CH2O3.2K.H/c1-5-9-11-25(7-3)23-33-29-17-13-27(14-18-29)31(35-22-21-32)28-15-19-30(20-16-28)34-24-26(8-4)12-10-6-2;1-3-5-6-12(4-2)11-16-14-9-7-13(15)8-10-14;1-3-5-6-8(4-2)7-9;7-5-1-3-6(8)4-2-5;1-2-4-5-3-1;1-5-4(6-2)7-3;3-1-2-4;1-2;2-1-4-3;;;/h13-20,25-26H,5-12,21-24,32H2,1-4H3;7-10,12H,3-6,11H2,1-2H3;8H,3-7H2,1-2H3;1-4,8H;1-4H2;1-3H3;4H,1-3H2;1H3;1,3H;;;/q;;;;;;;;;2*+1;-1/p-1/i;;;;;;;1D;;;;. The number of hydrogen-bond acceptors (Lipinski definition) is 15. The first kappa shape index (κ1) is 101. The van der Waals surface area contributed by atoms with E-state index in [2.05, 4.69) is 171 Å². The normalized spacial score (nSPS) is 11.9. The molecule has 4 aromatic carbocycles. The average molecular weight is 1550 g/mol. The largest absolute Gasteiger partial charge is 1.00 e. The van der Waals surface area contributed by atoms with Crippen LogP contribution in [0.3, 0.4) is 0 Å². The summed E-state index contributed by atoms with van der Waals surface area (Å²) in [7, 11) is 3.02. The van der Waals surface area contributed by atoms with Gasteiger partial charge in [-0.2, -0.15) is 0 Å². The molecule has 4 atom stereocenters. The molecule has 0 bridgehead atoms. The van der Waals surface area contributed by atoms with E-state index in [4.69, 9.17) is 56.7 Å². The monoisotopic (exact) mass is 1540 g/mol. The van der Waals surface area contributed by atoms with Crippen molar-refractivity contribution in [1.29, 1.82) is 0 Å². The fraction of sp³-hybridized carbons (Fsp3) is 0.638. The summed E-state index contributed by atoms with van der Waals surface area (Å²) in [6.07, 6.45) is 22.9. The number of carbonyl (C=O) groups is 1. The molecule has 1 fully saturated rings. The second-order valence-corrected chi connectivity index (χ2v) is 23.4. The second-order valence-electron chi connectivity index (χ2n) is 20.9. The van der Waals surface area contributed by atoms with Crippen LogP contribution in [-0.4, -0.2) is 124 Å². The van der Waals surface area contributed by atoms with Gasteiger partial charge in [0.25, 0.3) is 6.47 Å². The van der Waals surface area contributed by atoms with Crippen LogP contribution in [0.1, 0.15) is 174 Å². The zero-order chi connectivity index (χ0) is 69.0. The minimum atomic E-state index is -1.00. The van der Waals surface area contributed by atoms with E-state index in [1.807, 2.05) is 24.3 Å². The number of aromatic hydroxyl groups is 1. The number of alkyl halides is 2. The molecule has 0 aliphatic carbocycles. The molecule has 1 aliphatic heterocycles. The zero-order valence-electron chi connectivity index (χ0n) is 60.8. The van der Waals surface area contributed by atoms with Gasteiger partial charge in [-0.25, -0.2) is 0 Å². The van der Waals surface area contributed by atoms with Crippen LogP contribution in [0.2, 0.25) is 0 Å². The third-order valence-corrected chi connectivity index (χ3v) is 15.8. The van der Waals surface area contributed by atoms with Crippen molar-refractivity contribution < 1.29 is 173 Å². The maximum atomic E-state index is 9.96. The summed E-state index contributed by atoms with van der Waals surface area (Å²) in [5.41, 5.74) is 12.7. The van der Waals surface area contributed by atoms with E-state index in [9.17, 15) is 4.39 Å². The Hall–Kier alpha value is -0.0374. The van der Waals surface area contributed by atoms with Crippen LogP contribution < -0.4 is 145 Å². The van der Waals surface area contributed by atoms with Crippen molar-refractivity contribution in [1.82, 2.24) is 0 Å². The first-order chi connectivity index (χ1) is 44.1. The first-order valence-electron chi connectivity index (χ1n) is 33.0. The van der Waals surface area contributed by atoms with Gasteiger partial charge in [0.2, 0.25) is 0 Å². The molecule has 1 aliphatic rings. The summed E-state index contributed by atoms with van der Waals surface area (Å²) < 4.78 is 60.5. The number of hydrogen-bond donors (Lipinski definition) is 4. The summed E-state index contributed by atoms with van der Waals surface area (Å²) >= 11 is 10.2. The Kier molecular flexibility index (Phi) is 87.4. The van der Waals surface area contributed by atoms with Crippen molar-refractivity contribution in [3.63, 3.8) is 0 Å². The van der Waals surface area contributed by atoms with Crippen LogP contribution in [0, 0.1) is 23.7 Å². The molecule has 0 aromatic heterocycles. The summed E-state index contributed by atoms with van der Waals surface area (Å²) in [6, 6.07) is 31.5. The number of unbranched alkanes of at least 4 members (excludes halogenated alkanes) is 4. The summed E-state index contributed by atoms with van der Waals surface area (Å²) in [5, 5.41) is 26.1. The molecule has 520 valence electrons. The summed E-state index contributed by atoms with van der Waals surface area (Å²) in [4.78, 5) is 11.2. The quantitative estimate of drug-likeness (QED) is 0.0110. The Morgan fingerprint density at radius 2 is 0.913 bits per heavy atom. The number of benzene rings is 4. The SMILES string of the molecule is C1CCOC1.CCCCC(CC)CBr.CCCCC(CC)COc1ccc(B(OCCN)c2ccc(OCC(CC)CCCC)cc2)cc1.CCCCC(CC)COc1ccc(Br)cc1.COB(OC)OC.NCCO.O=CO[O-].Oc1ccc(Br)cc1.[2H]CF.[H-].[K+].[K+]. The fourth-order valence-electron chi connectivity index (χ4n) is 8.04. The number of aliphatic hydroxyl groups excluding tert-OH is 1. The number of rotatable bonds is 36. The Morgan fingerprint density at radius 3 is 1.13 bits per heavy atom. The van der Waals surface area contributed by atoms with Crippen LogP contribution in [-0.2, 0) is 33.0 Å². The van der Waals surface area contributed by atoms with Gasteiger partial charge in [-0.15, -0.1) is 0 Å². The van der Waals surface area contributed by atoms with Gasteiger partial charge < -0.3 is 70.8 Å². The zero-order valence-corrected chi connectivity index (χ0v) is 69.8. The van der Waals surface area contributed by atoms with Crippen molar-refractivity contribution in [3.8, 4) is 23.0 Å². The van der Waals surface area contributed by atoms with Crippen molar-refractivity contribution in [2.45, 2.75) is 171 Å². The molecule has 1 saturated heterocycles. The van der Waals surface area contributed by atoms with Gasteiger partial charge in [-0.05, 0) is 146 Å². The fourth-order valence-corrected chi connectivity index (χ4v) is 9.35. The van der Waals surface area contributed by atoms with Gasteiger partial charge in [0.1, 0.15) is 23.0 Å². The molecule has 4 aromatic rings. The third kappa shape index (κ3) is 63.4. The van der Waals surface area contributed by atoms with Gasteiger partial charge >= 0.3 is 117 Å². The molecule has 0 amide bonds. The number of carbonyl (C=O) groups excluding carboxylic acids is 1. The van der Waals surface area contributed by atoms with Crippen LogP contribution >= 0.6 is 47.8 Å². The molecular formula is C69H120B2Br3FK2N2O13. The van der Waals surface area contributed by atoms with Crippen LogP contribution in [0.5, 0.6) is 23.0 Å². The van der Waals surface area contributed by atoms with Crippen molar-refractivity contribution in [3.05, 3.63) is 106 Å². The van der Waals surface area contributed by atoms with Gasteiger partial charge in [0.15, 0.2) is 0 Å². The van der Waals surface area contributed by atoms with E-state index in [0.717, 1.165) is 88.9 Å². The van der Waals surface area contributed by atoms with Crippen molar-refractivity contribution >= 4 is 79.4 Å². The van der Waals surface area contributed by atoms with Crippen LogP contribution in [0.4, 0.5) is 4.39 Å². The predicted molar refractivity (Wildman–Crippen MR) is 385 cm³/mol. The Morgan fingerprint density at radius 1 is 0.609 bits per heavy atom. The molecule has 92 heavy (non-hydrogen) atoms. The molecule has 0 spiro atoms. The maximum Gasteiger partial charge on any atom is 1.00 e. The Labute approximate surface area is 672 Å². The van der Waals surface area contributed by atoms with E-state index in [1.54, 1.807) is 24.3 Å². The van der Waals surface area contributed by atoms with E-state index < -0.39 is 14.5 Å². The van der Waals surface area contributed by atoms with Gasteiger partial charge in [-0.3, -0.25) is 9.18 Å². The number of phenolic OH excluding ortho intramolecular Hbond substituents is 1. The number of phenols is 1. The summed E-state index contributed by atoms with van der Waals surface area (Å²) in [6.45, 7) is 23.5. The minimum absolute atomic E-state index is 0. The van der Waals surface area contributed by atoms with E-state index >= 15 is 0 Å². The number of halogens is 4. The molecular weight excluding hydrogens is 1420 g/mol. The molecule has 0 radical (unpaired) electrons. The van der Waals surface area contributed by atoms with Gasteiger partial charge in [0, 0.05) is 68.5 Å². The minimum Gasteiger partial charge on any atom is -1.00 e. The van der Waals surface area contributed by atoms with Crippen LogP contribution in [0.15, 0.2) is 106 Å². The third-order valence-electron chi connectivity index (χ3n) is 13.8. The Balaban J connectivity index is -0.000000212. The second kappa shape index (κ2) is 79.9. The molecule has 1 heterocycles. The number of ether oxygens (including phenoxy) is 4. The van der Waals surface area contributed by atoms with E-state index in [-0.39, 0.29) is 124 Å². The van der Waals surface area contributed by atoms with E-state index in [1.165, 1.54) is 129 Å². The number of nitrogens with two attached hydrogens (primary N) is 2. The number of aliphatic hydroxyl groups is 1. The molecule has 6 N–H and O–H groups in total. The maximum absolute atomic E-state index is 9.96. The average Bonchev–Trinajstić information content (AvgIpc) is 1.05. The van der Waals surface area contributed by atoms with Crippen LogP contribution in [0.25, 0.3) is 0 Å². The smallest absolute Gasteiger partial charge is 1.00 e. The molecule has 4 unspecified atom stereocenters. The summed E-state index contributed by atoms with van der Waals surface area (Å²) in [5.74, 6) is 5.96. The topological polar surface area (TPSA) is 216 Å². The van der Waals surface area contributed by atoms with Gasteiger partial charge in [0.05, 0.1) is 35.0 Å². The van der Waals surface area contributed by atoms with Crippen molar-refractivity contribution in [2.75, 3.05) is 93.2 Å². The molecule has 23 heteroatoms. The first-order valence-corrected chi connectivity index (χ1v) is 35.0. The Bertz CT molecular complexity index is 1990. The molecule has 5 rings (SSSR count).